The van der Waals surface area contributed by atoms with Crippen molar-refractivity contribution in [1.29, 1.82) is 0 Å². The fourth-order valence-corrected chi connectivity index (χ4v) is 3.74. The molecule has 0 aliphatic carbocycles. The maximum absolute atomic E-state index is 13.6. The van der Waals surface area contributed by atoms with Crippen molar-refractivity contribution in [3.63, 3.8) is 0 Å². The molecule has 144 valence electrons. The van der Waals surface area contributed by atoms with Crippen LogP contribution in [0.3, 0.4) is 0 Å². The number of nitrogens with one attached hydrogen (secondary N) is 2. The minimum atomic E-state index is -3.78. The van der Waals surface area contributed by atoms with E-state index in [1.165, 1.54) is 49.6 Å². The van der Waals surface area contributed by atoms with Crippen molar-refractivity contribution >= 4 is 27.7 Å². The van der Waals surface area contributed by atoms with Crippen LogP contribution >= 0.6 is 0 Å². The first-order valence-corrected chi connectivity index (χ1v) is 9.65. The van der Waals surface area contributed by atoms with Crippen LogP contribution in [0.15, 0.2) is 53.4 Å². The van der Waals surface area contributed by atoms with E-state index in [0.29, 0.717) is 5.56 Å². The van der Waals surface area contributed by atoms with E-state index < -0.39 is 21.7 Å². The van der Waals surface area contributed by atoms with Gasteiger partial charge in [-0.05, 0) is 49.8 Å². The molecule has 0 aliphatic heterocycles. The highest BCUT2D eigenvalue weighted by Crippen LogP contribution is 2.25. The van der Waals surface area contributed by atoms with Crippen molar-refractivity contribution in [2.75, 3.05) is 12.4 Å². The number of para-hydroxylation sites is 1. The third-order valence-electron chi connectivity index (χ3n) is 3.43. The number of ether oxygens (including phenoxy) is 1. The quantitative estimate of drug-likeness (QED) is 0.709. The number of benzene rings is 2. The van der Waals surface area contributed by atoms with Gasteiger partial charge in [0.05, 0.1) is 12.8 Å². The summed E-state index contributed by atoms with van der Waals surface area (Å²) in [6.45, 7) is 3.42. The third-order valence-corrected chi connectivity index (χ3v) is 5.11. The highest BCUT2D eigenvalue weighted by Gasteiger charge is 2.20. The Labute approximate surface area is 158 Å². The molecular weight excluding hydrogens is 371 g/mol. The molecule has 0 heterocycles. The molecule has 0 saturated carbocycles. The van der Waals surface area contributed by atoms with Crippen molar-refractivity contribution in [3.05, 3.63) is 59.9 Å². The Morgan fingerprint density at radius 1 is 1.19 bits per heavy atom. The molecule has 0 fully saturated rings. The lowest BCUT2D eigenvalue weighted by atomic mass is 10.2. The first-order chi connectivity index (χ1) is 12.7. The number of carbonyl (C=O) groups is 1. The Bertz CT molecular complexity index is 956. The lowest BCUT2D eigenvalue weighted by Crippen LogP contribution is -2.30. The average Bonchev–Trinajstić information content (AvgIpc) is 2.60. The molecule has 2 N–H and O–H groups in total. The normalized spacial score (nSPS) is 11.7. The molecule has 0 spiro atoms. The number of amides is 1. The van der Waals surface area contributed by atoms with Crippen LogP contribution in [0.2, 0.25) is 0 Å². The molecule has 0 aromatic heterocycles. The van der Waals surface area contributed by atoms with Crippen LogP contribution in [-0.2, 0) is 14.8 Å². The predicted octanol–water partition coefficient (Wildman–Crippen LogP) is 3.17. The lowest BCUT2D eigenvalue weighted by molar-refractivity contribution is -0.111. The molecule has 8 heteroatoms. The summed E-state index contributed by atoms with van der Waals surface area (Å²) in [6.07, 6.45) is 2.63. The summed E-state index contributed by atoms with van der Waals surface area (Å²) in [6, 6.07) is 10.0. The molecule has 2 aromatic carbocycles. The van der Waals surface area contributed by atoms with E-state index in [1.807, 2.05) is 0 Å². The van der Waals surface area contributed by atoms with Crippen molar-refractivity contribution in [1.82, 2.24) is 4.72 Å². The largest absolute Gasteiger partial charge is 0.495 e. The van der Waals surface area contributed by atoms with E-state index in [0.717, 1.165) is 0 Å². The topological polar surface area (TPSA) is 84.5 Å². The van der Waals surface area contributed by atoms with Gasteiger partial charge in [-0.3, -0.25) is 4.79 Å². The predicted molar refractivity (Wildman–Crippen MR) is 103 cm³/mol. The zero-order chi connectivity index (χ0) is 20.0. The number of rotatable bonds is 7. The fourth-order valence-electron chi connectivity index (χ4n) is 2.29. The van der Waals surface area contributed by atoms with Gasteiger partial charge in [-0.25, -0.2) is 17.5 Å². The van der Waals surface area contributed by atoms with Gasteiger partial charge in [-0.1, -0.05) is 18.2 Å². The molecule has 0 unspecified atom stereocenters. The van der Waals surface area contributed by atoms with Crippen LogP contribution in [0.5, 0.6) is 5.75 Å². The van der Waals surface area contributed by atoms with Gasteiger partial charge in [0.15, 0.2) is 0 Å². The fraction of sp³-hybridized carbons (Fsp3) is 0.211. The lowest BCUT2D eigenvalue weighted by Gasteiger charge is -2.13. The van der Waals surface area contributed by atoms with Crippen LogP contribution < -0.4 is 14.8 Å². The number of carbonyl (C=O) groups excluding carboxylic acids is 1. The standard InChI is InChI=1S/C19H21FN2O4S/c1-13(2)22-27(24,25)18-12-14(8-10-17(18)26-3)9-11-19(23)21-16-7-5-4-6-15(16)20/h4-13,22H,1-3H3,(H,21,23). The van der Waals surface area contributed by atoms with Crippen LogP contribution in [0.4, 0.5) is 10.1 Å². The van der Waals surface area contributed by atoms with Crippen LogP contribution in [0.25, 0.3) is 6.08 Å². The maximum Gasteiger partial charge on any atom is 0.248 e. The summed E-state index contributed by atoms with van der Waals surface area (Å²) in [5, 5.41) is 2.42. The van der Waals surface area contributed by atoms with E-state index in [2.05, 4.69) is 10.0 Å². The zero-order valence-corrected chi connectivity index (χ0v) is 16.0. The summed E-state index contributed by atoms with van der Waals surface area (Å²) < 4.78 is 46.1. The number of hydrogen-bond acceptors (Lipinski definition) is 4. The van der Waals surface area contributed by atoms with Gasteiger partial charge < -0.3 is 10.1 Å². The van der Waals surface area contributed by atoms with Gasteiger partial charge in [-0.15, -0.1) is 0 Å². The second-order valence-electron chi connectivity index (χ2n) is 5.99. The number of methoxy groups -OCH3 is 1. The second kappa shape index (κ2) is 8.79. The highest BCUT2D eigenvalue weighted by molar-refractivity contribution is 7.89. The Kier molecular flexibility index (Phi) is 6.70. The molecule has 0 saturated heterocycles. The van der Waals surface area contributed by atoms with Gasteiger partial charge in [-0.2, -0.15) is 0 Å². The summed E-state index contributed by atoms with van der Waals surface area (Å²) in [5.74, 6) is -0.895. The molecular formula is C19H21FN2O4S. The van der Waals surface area contributed by atoms with Crippen molar-refractivity contribution in [2.24, 2.45) is 0 Å². The summed E-state index contributed by atoms with van der Waals surface area (Å²) in [4.78, 5) is 11.9. The molecule has 2 rings (SSSR count). The van der Waals surface area contributed by atoms with E-state index >= 15 is 0 Å². The van der Waals surface area contributed by atoms with E-state index in [1.54, 1.807) is 26.0 Å². The van der Waals surface area contributed by atoms with Gasteiger partial charge in [0.1, 0.15) is 16.5 Å². The van der Waals surface area contributed by atoms with Crippen molar-refractivity contribution < 1.29 is 22.3 Å². The Hall–Kier alpha value is -2.71. The first-order valence-electron chi connectivity index (χ1n) is 8.17. The smallest absolute Gasteiger partial charge is 0.248 e. The van der Waals surface area contributed by atoms with Gasteiger partial charge in [0.25, 0.3) is 0 Å². The van der Waals surface area contributed by atoms with Crippen molar-refractivity contribution in [3.8, 4) is 5.75 Å². The Morgan fingerprint density at radius 3 is 2.52 bits per heavy atom. The van der Waals surface area contributed by atoms with Crippen molar-refractivity contribution in [2.45, 2.75) is 24.8 Å². The maximum atomic E-state index is 13.6. The number of hydrogen-bond donors (Lipinski definition) is 2. The van der Waals surface area contributed by atoms with Crippen LogP contribution in [0.1, 0.15) is 19.4 Å². The Morgan fingerprint density at radius 2 is 1.89 bits per heavy atom. The van der Waals surface area contributed by atoms with E-state index in [9.17, 15) is 17.6 Å². The molecule has 6 nitrogen and oxygen atoms in total. The molecule has 1 amide bonds. The highest BCUT2D eigenvalue weighted by atomic mass is 32.2. The molecule has 0 aliphatic rings. The summed E-state index contributed by atoms with van der Waals surface area (Å²) in [5.41, 5.74) is 0.537. The average molecular weight is 392 g/mol. The monoisotopic (exact) mass is 392 g/mol. The molecule has 27 heavy (non-hydrogen) atoms. The van der Waals surface area contributed by atoms with E-state index in [4.69, 9.17) is 4.74 Å². The number of sulfonamides is 1. The van der Waals surface area contributed by atoms with Gasteiger partial charge >= 0.3 is 0 Å². The van der Waals surface area contributed by atoms with Gasteiger partial charge in [0.2, 0.25) is 15.9 Å². The van der Waals surface area contributed by atoms with Crippen LogP contribution in [0, 0.1) is 5.82 Å². The molecule has 0 bridgehead atoms. The molecule has 0 atom stereocenters. The first kappa shape index (κ1) is 20.6. The SMILES string of the molecule is COc1ccc(C=CC(=O)Nc2ccccc2F)cc1S(=O)(=O)NC(C)C. The minimum absolute atomic E-state index is 0.0321. The number of anilines is 1. The van der Waals surface area contributed by atoms with Gasteiger partial charge in [0, 0.05) is 12.1 Å². The zero-order valence-electron chi connectivity index (χ0n) is 15.2. The third kappa shape index (κ3) is 5.63. The van der Waals surface area contributed by atoms with E-state index in [-0.39, 0.29) is 22.4 Å². The summed E-state index contributed by atoms with van der Waals surface area (Å²) >= 11 is 0. The number of halogens is 1. The summed E-state index contributed by atoms with van der Waals surface area (Å²) in [7, 11) is -2.40. The minimum Gasteiger partial charge on any atom is -0.495 e. The molecule has 2 aromatic rings. The second-order valence-corrected chi connectivity index (χ2v) is 7.67. The van der Waals surface area contributed by atoms with Crippen LogP contribution in [-0.4, -0.2) is 27.5 Å². The molecule has 0 radical (unpaired) electrons. The Balaban J connectivity index is 2.24.